The quantitative estimate of drug-likeness (QED) is 0.607. The first kappa shape index (κ1) is 16.1. The summed E-state index contributed by atoms with van der Waals surface area (Å²) in [7, 11) is 0. The van der Waals surface area contributed by atoms with E-state index in [4.69, 9.17) is 0 Å². The number of ketones is 2. The minimum absolute atomic E-state index is 0.0342. The second-order valence-corrected chi connectivity index (χ2v) is 11.1. The van der Waals surface area contributed by atoms with Crippen LogP contribution in [0.25, 0.3) is 0 Å². The zero-order chi connectivity index (χ0) is 17.9. The van der Waals surface area contributed by atoms with Gasteiger partial charge in [0, 0.05) is 17.3 Å². The summed E-state index contributed by atoms with van der Waals surface area (Å²) >= 11 is 0. The molecular weight excluding hydrogens is 320 g/mol. The van der Waals surface area contributed by atoms with E-state index in [2.05, 4.69) is 13.8 Å². The van der Waals surface area contributed by atoms with Crippen molar-refractivity contribution in [1.29, 1.82) is 0 Å². The van der Waals surface area contributed by atoms with Crippen LogP contribution in [0.1, 0.15) is 78.1 Å². The molecule has 0 bridgehead atoms. The Morgan fingerprint density at radius 1 is 0.846 bits per heavy atom. The molecule has 0 saturated heterocycles. The van der Waals surface area contributed by atoms with E-state index in [-0.39, 0.29) is 16.2 Å². The Morgan fingerprint density at radius 3 is 2.38 bits per heavy atom. The maximum absolute atomic E-state index is 13.7. The largest absolute Gasteiger partial charge is 0.298 e. The van der Waals surface area contributed by atoms with Gasteiger partial charge in [0.25, 0.3) is 0 Å². The summed E-state index contributed by atoms with van der Waals surface area (Å²) in [4.78, 5) is 25.7. The first-order valence-electron chi connectivity index (χ1n) is 11.2. The average molecular weight is 353 g/mol. The zero-order valence-corrected chi connectivity index (χ0v) is 16.4. The number of carbonyl (C=O) groups is 2. The lowest BCUT2D eigenvalue weighted by Gasteiger charge is -2.56. The van der Waals surface area contributed by atoms with Gasteiger partial charge in [0.05, 0.1) is 0 Å². The molecule has 26 heavy (non-hydrogen) atoms. The van der Waals surface area contributed by atoms with Gasteiger partial charge in [0.1, 0.15) is 5.78 Å². The Balaban J connectivity index is 1.37. The number of Topliss-reactive ketones (excluding diaryl/α,β-unsaturated/α-hetero) is 1. The zero-order valence-electron chi connectivity index (χ0n) is 16.4. The molecule has 6 rings (SSSR count). The van der Waals surface area contributed by atoms with E-state index in [1.807, 2.05) is 6.08 Å². The molecule has 5 saturated carbocycles. The smallest absolute Gasteiger partial charge is 0.155 e. The van der Waals surface area contributed by atoms with Crippen molar-refractivity contribution in [2.24, 2.45) is 45.8 Å². The highest BCUT2D eigenvalue weighted by Crippen LogP contribution is 2.79. The van der Waals surface area contributed by atoms with Crippen molar-refractivity contribution in [2.45, 2.75) is 78.1 Å². The normalized spacial score (nSPS) is 57.3. The maximum atomic E-state index is 13.7. The summed E-state index contributed by atoms with van der Waals surface area (Å²) < 4.78 is 0. The molecule has 5 unspecified atom stereocenters. The Morgan fingerprint density at radius 2 is 1.62 bits per heavy atom. The minimum atomic E-state index is -0.0342. The van der Waals surface area contributed by atoms with Gasteiger partial charge < -0.3 is 0 Å². The summed E-state index contributed by atoms with van der Waals surface area (Å²) in [6, 6.07) is 0. The Hall–Kier alpha value is -0.920. The van der Waals surface area contributed by atoms with Gasteiger partial charge in [-0.25, -0.2) is 0 Å². The number of carbonyl (C=O) groups excluding carboxylic acids is 2. The Bertz CT molecular complexity index is 737. The Kier molecular flexibility index (Phi) is 2.92. The summed E-state index contributed by atoms with van der Waals surface area (Å²) in [5.41, 5.74) is 1.76. The third-order valence-electron chi connectivity index (χ3n) is 10.6. The summed E-state index contributed by atoms with van der Waals surface area (Å²) in [5, 5.41) is 0. The highest BCUT2D eigenvalue weighted by molar-refractivity contribution is 5.96. The number of hydrogen-bond acceptors (Lipinski definition) is 2. The molecule has 5 fully saturated rings. The molecule has 0 aromatic rings. The van der Waals surface area contributed by atoms with Gasteiger partial charge in [-0.3, -0.25) is 9.59 Å². The Labute approximate surface area is 157 Å². The molecule has 0 aromatic carbocycles. The number of hydrogen-bond donors (Lipinski definition) is 0. The van der Waals surface area contributed by atoms with Crippen molar-refractivity contribution >= 4 is 11.6 Å². The number of rotatable bonds is 0. The van der Waals surface area contributed by atoms with E-state index >= 15 is 0 Å². The second-order valence-electron chi connectivity index (χ2n) is 11.1. The van der Waals surface area contributed by atoms with E-state index in [9.17, 15) is 9.59 Å². The first-order chi connectivity index (χ1) is 12.4. The fourth-order valence-corrected chi connectivity index (χ4v) is 9.25. The molecular formula is C24H32O2. The molecule has 0 aromatic heterocycles. The van der Waals surface area contributed by atoms with Crippen LogP contribution in [0.15, 0.2) is 11.6 Å². The van der Waals surface area contributed by atoms with Crippen LogP contribution in [0.4, 0.5) is 0 Å². The van der Waals surface area contributed by atoms with Crippen molar-refractivity contribution in [3.63, 3.8) is 0 Å². The lowest BCUT2D eigenvalue weighted by atomic mass is 9.47. The van der Waals surface area contributed by atoms with Crippen molar-refractivity contribution in [3.05, 3.63) is 11.6 Å². The molecule has 1 spiro atoms. The lowest BCUT2D eigenvalue weighted by molar-refractivity contribution is -0.136. The van der Waals surface area contributed by atoms with Crippen LogP contribution in [-0.4, -0.2) is 11.6 Å². The van der Waals surface area contributed by atoms with Gasteiger partial charge in [0.15, 0.2) is 5.78 Å². The molecule has 6 aliphatic rings. The highest BCUT2D eigenvalue weighted by atomic mass is 16.1. The minimum Gasteiger partial charge on any atom is -0.298 e. The highest BCUT2D eigenvalue weighted by Gasteiger charge is 2.78. The van der Waals surface area contributed by atoms with E-state index < -0.39 is 0 Å². The lowest BCUT2D eigenvalue weighted by Crippen LogP contribution is -2.50. The van der Waals surface area contributed by atoms with Crippen molar-refractivity contribution < 1.29 is 9.59 Å². The second kappa shape index (κ2) is 4.73. The van der Waals surface area contributed by atoms with E-state index in [1.54, 1.807) is 0 Å². The fraction of sp³-hybridized carbons (Fsp3) is 0.833. The van der Waals surface area contributed by atoms with E-state index in [0.717, 1.165) is 37.5 Å². The molecule has 2 nitrogen and oxygen atoms in total. The molecule has 6 aliphatic carbocycles. The first-order valence-corrected chi connectivity index (χ1v) is 11.2. The molecule has 0 N–H and O–H groups in total. The molecule has 0 radical (unpaired) electrons. The monoisotopic (exact) mass is 352 g/mol. The van der Waals surface area contributed by atoms with Gasteiger partial charge in [-0.1, -0.05) is 25.8 Å². The summed E-state index contributed by atoms with van der Waals surface area (Å²) in [6.07, 6.45) is 13.6. The van der Waals surface area contributed by atoms with E-state index in [0.29, 0.717) is 29.3 Å². The molecule has 7 atom stereocenters. The summed E-state index contributed by atoms with van der Waals surface area (Å²) in [5.74, 6) is 4.57. The van der Waals surface area contributed by atoms with Gasteiger partial charge in [-0.2, -0.15) is 0 Å². The van der Waals surface area contributed by atoms with Crippen LogP contribution in [0.3, 0.4) is 0 Å². The topological polar surface area (TPSA) is 34.1 Å². The SMILES string of the molecule is C[C@]12CCC(=O)C=C1CCC1C2CC[C@]2(C)C(=O)C3(CC12)C1CCCC13. The van der Waals surface area contributed by atoms with Crippen LogP contribution in [0.2, 0.25) is 0 Å². The fourth-order valence-electron chi connectivity index (χ4n) is 9.25. The van der Waals surface area contributed by atoms with Gasteiger partial charge in [0.2, 0.25) is 0 Å². The predicted molar refractivity (Wildman–Crippen MR) is 100 cm³/mol. The number of allylic oxidation sites excluding steroid dienone is 1. The van der Waals surface area contributed by atoms with Gasteiger partial charge >= 0.3 is 0 Å². The van der Waals surface area contributed by atoms with Crippen LogP contribution < -0.4 is 0 Å². The standard InChI is InChI=1S/C24H32O2/c1-22-10-8-15(25)12-14(22)6-7-16-17(22)9-11-23(2)20(16)13-24(21(23)26)18-4-3-5-19(18)24/h12,16-20H,3-11,13H2,1-2H3/t16?,17?,18?,19?,20?,22-,23-,24?/m0/s1. The van der Waals surface area contributed by atoms with Crippen LogP contribution in [-0.2, 0) is 9.59 Å². The third kappa shape index (κ3) is 1.63. The predicted octanol–water partition coefficient (Wildman–Crippen LogP) is 5.11. The summed E-state index contributed by atoms with van der Waals surface area (Å²) in [6.45, 7) is 4.79. The molecule has 0 aliphatic heterocycles. The van der Waals surface area contributed by atoms with Gasteiger partial charge in [-0.05, 0) is 92.4 Å². The van der Waals surface area contributed by atoms with Crippen molar-refractivity contribution in [1.82, 2.24) is 0 Å². The molecule has 140 valence electrons. The van der Waals surface area contributed by atoms with Crippen molar-refractivity contribution in [3.8, 4) is 0 Å². The van der Waals surface area contributed by atoms with Crippen LogP contribution in [0.5, 0.6) is 0 Å². The van der Waals surface area contributed by atoms with Gasteiger partial charge in [-0.15, -0.1) is 0 Å². The van der Waals surface area contributed by atoms with Crippen molar-refractivity contribution in [2.75, 3.05) is 0 Å². The molecule has 2 heteroatoms. The number of fused-ring (bicyclic) bond motifs is 8. The maximum Gasteiger partial charge on any atom is 0.155 e. The molecule has 0 amide bonds. The molecule has 0 heterocycles. The van der Waals surface area contributed by atoms with E-state index in [1.165, 1.54) is 44.1 Å². The average Bonchev–Trinajstić information content (AvgIpc) is 2.93. The van der Waals surface area contributed by atoms with Crippen LogP contribution >= 0.6 is 0 Å². The third-order valence-corrected chi connectivity index (χ3v) is 10.6. The van der Waals surface area contributed by atoms with Crippen LogP contribution in [0, 0.1) is 45.8 Å².